The predicted molar refractivity (Wildman–Crippen MR) is 80.5 cm³/mol. The molecule has 98 valence electrons. The van der Waals surface area contributed by atoms with E-state index in [0.717, 1.165) is 34.7 Å². The van der Waals surface area contributed by atoms with Crippen LogP contribution in [0.25, 0.3) is 0 Å². The number of pyridine rings is 1. The molecule has 1 aliphatic rings. The molecule has 0 spiro atoms. The van der Waals surface area contributed by atoms with E-state index in [9.17, 15) is 0 Å². The molecule has 0 radical (unpaired) electrons. The number of anilines is 2. The monoisotopic (exact) mass is 338 g/mol. The molecule has 0 bridgehead atoms. The van der Waals surface area contributed by atoms with Gasteiger partial charge in [0.2, 0.25) is 0 Å². The highest BCUT2D eigenvalue weighted by Gasteiger charge is 2.20. The van der Waals surface area contributed by atoms with Crippen LogP contribution in [0.1, 0.15) is 6.42 Å². The van der Waals surface area contributed by atoms with E-state index in [1.54, 1.807) is 6.20 Å². The molecular formula is C14H12BrClN2O. The summed E-state index contributed by atoms with van der Waals surface area (Å²) in [6, 6.07) is 9.82. The lowest BCUT2D eigenvalue weighted by Gasteiger charge is -2.23. The zero-order chi connectivity index (χ0) is 13.2. The quantitative estimate of drug-likeness (QED) is 0.769. The Bertz CT molecular complexity index is 606. The van der Waals surface area contributed by atoms with Crippen molar-refractivity contribution in [2.45, 2.75) is 6.42 Å². The van der Waals surface area contributed by atoms with Gasteiger partial charge in [-0.3, -0.25) is 0 Å². The van der Waals surface area contributed by atoms with Crippen molar-refractivity contribution in [3.8, 4) is 5.75 Å². The number of fused-ring (bicyclic) bond motifs is 1. The molecule has 19 heavy (non-hydrogen) atoms. The molecule has 0 fully saturated rings. The predicted octanol–water partition coefficient (Wildman–Crippen LogP) is 4.42. The molecule has 0 aliphatic carbocycles. The number of ether oxygens (including phenoxy) is 1. The van der Waals surface area contributed by atoms with Crippen molar-refractivity contribution in [2.24, 2.45) is 0 Å². The van der Waals surface area contributed by atoms with E-state index in [1.165, 1.54) is 0 Å². The molecule has 1 aliphatic heterocycles. The molecule has 2 heterocycles. The minimum Gasteiger partial charge on any atom is -0.491 e. The van der Waals surface area contributed by atoms with E-state index in [1.807, 2.05) is 30.3 Å². The second kappa shape index (κ2) is 5.39. The zero-order valence-corrected chi connectivity index (χ0v) is 12.5. The molecule has 0 atom stereocenters. The summed E-state index contributed by atoms with van der Waals surface area (Å²) in [5.74, 6) is 1.64. The first kappa shape index (κ1) is 12.8. The molecule has 2 aromatic rings. The van der Waals surface area contributed by atoms with Crippen LogP contribution in [0.2, 0.25) is 5.02 Å². The molecule has 1 aromatic carbocycles. The van der Waals surface area contributed by atoms with Gasteiger partial charge in [0.05, 0.1) is 17.3 Å². The van der Waals surface area contributed by atoms with E-state index in [0.29, 0.717) is 11.6 Å². The Balaban J connectivity index is 2.09. The smallest absolute Gasteiger partial charge is 0.151 e. The molecule has 0 saturated carbocycles. The first-order chi connectivity index (χ1) is 9.25. The molecule has 0 unspecified atom stereocenters. The Hall–Kier alpha value is -1.26. The van der Waals surface area contributed by atoms with E-state index in [2.05, 4.69) is 25.8 Å². The fourth-order valence-corrected chi connectivity index (χ4v) is 2.88. The van der Waals surface area contributed by atoms with Gasteiger partial charge in [0, 0.05) is 17.2 Å². The maximum atomic E-state index is 6.31. The van der Waals surface area contributed by atoms with Crippen molar-refractivity contribution in [2.75, 3.05) is 18.1 Å². The van der Waals surface area contributed by atoms with Crippen LogP contribution in [0, 0.1) is 0 Å². The van der Waals surface area contributed by atoms with Gasteiger partial charge in [-0.2, -0.15) is 0 Å². The molecule has 3 rings (SSSR count). The number of hydrogen-bond acceptors (Lipinski definition) is 3. The van der Waals surface area contributed by atoms with Crippen molar-refractivity contribution < 1.29 is 4.74 Å². The largest absolute Gasteiger partial charge is 0.491 e. The molecule has 0 saturated heterocycles. The first-order valence-electron chi connectivity index (χ1n) is 6.06. The number of nitrogens with zero attached hydrogens (tertiary/aromatic N) is 2. The third kappa shape index (κ3) is 2.55. The second-order valence-corrected chi connectivity index (χ2v) is 5.60. The number of hydrogen-bond donors (Lipinski definition) is 0. The van der Waals surface area contributed by atoms with Gasteiger partial charge in [-0.05, 0) is 40.5 Å². The topological polar surface area (TPSA) is 25.4 Å². The van der Waals surface area contributed by atoms with Crippen LogP contribution in [0.15, 0.2) is 41.0 Å². The first-order valence-corrected chi connectivity index (χ1v) is 7.23. The van der Waals surface area contributed by atoms with Crippen LogP contribution >= 0.6 is 27.5 Å². The van der Waals surface area contributed by atoms with Gasteiger partial charge in [-0.1, -0.05) is 23.7 Å². The highest BCUT2D eigenvalue weighted by atomic mass is 79.9. The summed E-state index contributed by atoms with van der Waals surface area (Å²) in [6.07, 6.45) is 2.69. The Morgan fingerprint density at radius 1 is 1.32 bits per heavy atom. The van der Waals surface area contributed by atoms with Gasteiger partial charge in [0.15, 0.2) is 5.82 Å². The second-order valence-electron chi connectivity index (χ2n) is 4.28. The number of rotatable bonds is 1. The summed E-state index contributed by atoms with van der Waals surface area (Å²) < 4.78 is 6.62. The Kier molecular flexibility index (Phi) is 3.62. The molecular weight excluding hydrogens is 328 g/mol. The highest BCUT2D eigenvalue weighted by molar-refractivity contribution is 9.10. The lowest BCUT2D eigenvalue weighted by molar-refractivity contribution is 0.322. The SMILES string of the molecule is Clc1cc(Br)cnc1N1CCCOc2ccccc21. The lowest BCUT2D eigenvalue weighted by atomic mass is 10.2. The summed E-state index contributed by atoms with van der Waals surface area (Å²) in [5, 5.41) is 0.631. The maximum Gasteiger partial charge on any atom is 0.151 e. The van der Waals surface area contributed by atoms with E-state index in [4.69, 9.17) is 16.3 Å². The van der Waals surface area contributed by atoms with Crippen molar-refractivity contribution in [1.29, 1.82) is 0 Å². The zero-order valence-electron chi connectivity index (χ0n) is 10.1. The number of aromatic nitrogens is 1. The van der Waals surface area contributed by atoms with Crippen LogP contribution in [-0.4, -0.2) is 18.1 Å². The fourth-order valence-electron chi connectivity index (χ4n) is 2.15. The van der Waals surface area contributed by atoms with Gasteiger partial charge in [-0.15, -0.1) is 0 Å². The van der Waals surface area contributed by atoms with Crippen LogP contribution in [-0.2, 0) is 0 Å². The number of halogens is 2. The third-order valence-electron chi connectivity index (χ3n) is 2.98. The fraction of sp³-hybridized carbons (Fsp3) is 0.214. The summed E-state index contributed by atoms with van der Waals surface area (Å²) in [4.78, 5) is 6.54. The number of para-hydroxylation sites is 2. The standard InChI is InChI=1S/C14H12BrClN2O/c15-10-8-11(16)14(17-9-10)18-6-3-7-19-13-5-2-1-4-12(13)18/h1-2,4-5,8-9H,3,6-7H2. The van der Waals surface area contributed by atoms with Gasteiger partial charge in [0.1, 0.15) is 5.75 Å². The van der Waals surface area contributed by atoms with Crippen LogP contribution < -0.4 is 9.64 Å². The van der Waals surface area contributed by atoms with E-state index < -0.39 is 0 Å². The lowest BCUT2D eigenvalue weighted by Crippen LogP contribution is -2.19. The van der Waals surface area contributed by atoms with Crippen LogP contribution in [0.5, 0.6) is 5.75 Å². The molecule has 0 amide bonds. The summed E-state index contributed by atoms with van der Waals surface area (Å²) in [7, 11) is 0. The number of benzene rings is 1. The van der Waals surface area contributed by atoms with Crippen LogP contribution in [0.4, 0.5) is 11.5 Å². The summed E-state index contributed by atoms with van der Waals surface area (Å²) in [6.45, 7) is 1.55. The van der Waals surface area contributed by atoms with Crippen LogP contribution in [0.3, 0.4) is 0 Å². The van der Waals surface area contributed by atoms with Gasteiger partial charge in [-0.25, -0.2) is 4.98 Å². The highest BCUT2D eigenvalue weighted by Crippen LogP contribution is 2.38. The van der Waals surface area contributed by atoms with Gasteiger partial charge >= 0.3 is 0 Å². The minimum atomic E-state index is 0.631. The molecule has 3 nitrogen and oxygen atoms in total. The average Bonchev–Trinajstić information content (AvgIpc) is 2.61. The Morgan fingerprint density at radius 2 is 2.16 bits per heavy atom. The van der Waals surface area contributed by atoms with Crippen molar-refractivity contribution in [1.82, 2.24) is 4.98 Å². The van der Waals surface area contributed by atoms with Gasteiger partial charge in [0.25, 0.3) is 0 Å². The van der Waals surface area contributed by atoms with Crippen molar-refractivity contribution >= 4 is 39.0 Å². The average molecular weight is 340 g/mol. The summed E-state index contributed by atoms with van der Waals surface area (Å²) >= 11 is 9.68. The molecule has 5 heteroatoms. The molecule has 1 aromatic heterocycles. The molecule has 0 N–H and O–H groups in total. The third-order valence-corrected chi connectivity index (χ3v) is 3.70. The minimum absolute atomic E-state index is 0.631. The summed E-state index contributed by atoms with van der Waals surface area (Å²) in [5.41, 5.74) is 1.01. The normalized spacial score (nSPS) is 14.5. The van der Waals surface area contributed by atoms with Crippen molar-refractivity contribution in [3.05, 3.63) is 46.0 Å². The van der Waals surface area contributed by atoms with E-state index in [-0.39, 0.29) is 0 Å². The Morgan fingerprint density at radius 3 is 3.00 bits per heavy atom. The maximum absolute atomic E-state index is 6.31. The van der Waals surface area contributed by atoms with Crippen molar-refractivity contribution in [3.63, 3.8) is 0 Å². The van der Waals surface area contributed by atoms with E-state index >= 15 is 0 Å². The van der Waals surface area contributed by atoms with Gasteiger partial charge < -0.3 is 9.64 Å². The Labute approximate surface area is 125 Å².